The van der Waals surface area contributed by atoms with Crippen LogP contribution in [0.5, 0.6) is 0 Å². The Morgan fingerprint density at radius 2 is 2.00 bits per heavy atom. The summed E-state index contributed by atoms with van der Waals surface area (Å²) in [7, 11) is 2.33. The van der Waals surface area contributed by atoms with E-state index in [0.717, 1.165) is 36.8 Å². The number of nitrogens with zero attached hydrogens (tertiary/aromatic N) is 1. The monoisotopic (exact) mass is 252 g/mol. The van der Waals surface area contributed by atoms with E-state index in [1.807, 2.05) is 0 Å². The Labute approximate surface area is 114 Å². The molecule has 0 spiro atoms. The molecule has 0 aromatic heterocycles. The van der Waals surface area contributed by atoms with Crippen LogP contribution in [-0.2, 0) is 0 Å². The summed E-state index contributed by atoms with van der Waals surface area (Å²) in [5, 5.41) is 3.48. The molecule has 0 amide bonds. The molecule has 0 aromatic carbocycles. The molecule has 0 radical (unpaired) electrons. The summed E-state index contributed by atoms with van der Waals surface area (Å²) in [5.41, 5.74) is 0. The van der Waals surface area contributed by atoms with Gasteiger partial charge in [-0.05, 0) is 70.0 Å². The van der Waals surface area contributed by atoms with Gasteiger partial charge in [0.05, 0.1) is 0 Å². The molecule has 2 aliphatic carbocycles. The van der Waals surface area contributed by atoms with Gasteiger partial charge in [-0.1, -0.05) is 20.3 Å². The largest absolute Gasteiger partial charge is 0.317 e. The van der Waals surface area contributed by atoms with E-state index in [1.54, 1.807) is 6.42 Å². The quantitative estimate of drug-likeness (QED) is 0.749. The van der Waals surface area contributed by atoms with Crippen LogP contribution in [0, 0.1) is 23.7 Å². The summed E-state index contributed by atoms with van der Waals surface area (Å²) in [6, 6.07) is 0.697. The Morgan fingerprint density at radius 3 is 2.56 bits per heavy atom. The summed E-state index contributed by atoms with van der Waals surface area (Å²) in [6.07, 6.45) is 6.10. The molecule has 2 fully saturated rings. The van der Waals surface area contributed by atoms with E-state index in [0.29, 0.717) is 6.04 Å². The first-order valence-corrected chi connectivity index (χ1v) is 8.02. The van der Waals surface area contributed by atoms with Gasteiger partial charge in [0.2, 0.25) is 0 Å². The molecule has 5 unspecified atom stereocenters. The van der Waals surface area contributed by atoms with E-state index in [4.69, 9.17) is 0 Å². The Morgan fingerprint density at radius 1 is 1.22 bits per heavy atom. The second kappa shape index (κ2) is 6.38. The minimum atomic E-state index is 0.697. The molecule has 2 heteroatoms. The predicted octanol–water partition coefficient (Wildman–Crippen LogP) is 2.99. The fourth-order valence-electron chi connectivity index (χ4n) is 4.11. The first-order chi connectivity index (χ1) is 8.61. The first kappa shape index (κ1) is 14.3. The average molecular weight is 252 g/mol. The van der Waals surface area contributed by atoms with Gasteiger partial charge >= 0.3 is 0 Å². The lowest BCUT2D eigenvalue weighted by Gasteiger charge is -2.34. The molecule has 1 N–H and O–H groups in total. The number of hydrogen-bond acceptors (Lipinski definition) is 2. The van der Waals surface area contributed by atoms with E-state index in [-0.39, 0.29) is 0 Å². The lowest BCUT2D eigenvalue weighted by atomic mass is 9.88. The Balaban J connectivity index is 1.75. The third-order valence-electron chi connectivity index (χ3n) is 5.64. The van der Waals surface area contributed by atoms with Crippen molar-refractivity contribution < 1.29 is 0 Å². The highest BCUT2D eigenvalue weighted by molar-refractivity contribution is 4.91. The maximum atomic E-state index is 3.48. The summed E-state index contributed by atoms with van der Waals surface area (Å²) in [5.74, 6) is 3.90. The van der Waals surface area contributed by atoms with Crippen LogP contribution in [0.1, 0.15) is 46.5 Å². The van der Waals surface area contributed by atoms with Gasteiger partial charge in [0.25, 0.3) is 0 Å². The van der Waals surface area contributed by atoms with Crippen LogP contribution in [0.3, 0.4) is 0 Å². The van der Waals surface area contributed by atoms with Crippen LogP contribution in [0.25, 0.3) is 0 Å². The second-order valence-corrected chi connectivity index (χ2v) is 6.90. The van der Waals surface area contributed by atoms with E-state index in [1.165, 1.54) is 25.8 Å². The van der Waals surface area contributed by atoms with Gasteiger partial charge in [0.1, 0.15) is 0 Å². The van der Waals surface area contributed by atoms with Crippen molar-refractivity contribution in [3.63, 3.8) is 0 Å². The zero-order chi connectivity index (χ0) is 13.1. The lowest BCUT2D eigenvalue weighted by molar-refractivity contribution is 0.146. The van der Waals surface area contributed by atoms with Crippen molar-refractivity contribution in [3.05, 3.63) is 0 Å². The highest BCUT2D eigenvalue weighted by atomic mass is 15.1. The van der Waals surface area contributed by atoms with E-state index < -0.39 is 0 Å². The van der Waals surface area contributed by atoms with Crippen molar-refractivity contribution in [3.8, 4) is 0 Å². The van der Waals surface area contributed by atoms with Gasteiger partial charge < -0.3 is 10.2 Å². The summed E-state index contributed by atoms with van der Waals surface area (Å²) < 4.78 is 0. The van der Waals surface area contributed by atoms with E-state index >= 15 is 0 Å². The number of hydrogen-bond donors (Lipinski definition) is 1. The Bertz CT molecular complexity index is 253. The van der Waals surface area contributed by atoms with Crippen molar-refractivity contribution in [1.29, 1.82) is 0 Å². The fraction of sp³-hybridized carbons (Fsp3) is 1.00. The van der Waals surface area contributed by atoms with E-state index in [2.05, 4.69) is 38.0 Å². The molecule has 0 heterocycles. The maximum absolute atomic E-state index is 3.48. The number of nitrogens with one attached hydrogen (secondary N) is 1. The first-order valence-electron chi connectivity index (χ1n) is 8.02. The van der Waals surface area contributed by atoms with Crippen molar-refractivity contribution >= 4 is 0 Å². The highest BCUT2D eigenvalue weighted by Crippen LogP contribution is 2.48. The highest BCUT2D eigenvalue weighted by Gasteiger charge is 2.40. The molecule has 2 saturated carbocycles. The third kappa shape index (κ3) is 3.27. The van der Waals surface area contributed by atoms with Crippen molar-refractivity contribution in [2.24, 2.45) is 23.7 Å². The number of rotatable bonds is 7. The Hall–Kier alpha value is -0.0800. The standard InChI is InChI=1S/C16H32N2/c1-5-17-10-12(2)13(3)18(4)11-16-9-14-6-7-15(16)8-14/h12-17H,5-11H2,1-4H3. The summed E-state index contributed by atoms with van der Waals surface area (Å²) >= 11 is 0. The summed E-state index contributed by atoms with van der Waals surface area (Å²) in [6.45, 7) is 10.5. The van der Waals surface area contributed by atoms with Gasteiger partial charge in [-0.15, -0.1) is 0 Å². The number of fused-ring (bicyclic) bond motifs is 2. The molecule has 2 bridgehead atoms. The molecule has 2 aliphatic rings. The van der Waals surface area contributed by atoms with Crippen LogP contribution in [0.15, 0.2) is 0 Å². The minimum absolute atomic E-state index is 0.697. The average Bonchev–Trinajstić information content (AvgIpc) is 2.97. The topological polar surface area (TPSA) is 15.3 Å². The molecule has 106 valence electrons. The zero-order valence-electron chi connectivity index (χ0n) is 12.8. The van der Waals surface area contributed by atoms with Crippen LogP contribution in [-0.4, -0.2) is 37.6 Å². The van der Waals surface area contributed by atoms with Gasteiger partial charge in [-0.2, -0.15) is 0 Å². The normalized spacial score (nSPS) is 34.2. The minimum Gasteiger partial charge on any atom is -0.317 e. The van der Waals surface area contributed by atoms with Gasteiger partial charge in [-0.3, -0.25) is 0 Å². The van der Waals surface area contributed by atoms with Crippen LogP contribution in [0.4, 0.5) is 0 Å². The molecular formula is C16H32N2. The second-order valence-electron chi connectivity index (χ2n) is 6.90. The lowest BCUT2D eigenvalue weighted by Crippen LogP contribution is -2.41. The maximum Gasteiger partial charge on any atom is 0.0102 e. The molecule has 0 aliphatic heterocycles. The molecule has 0 saturated heterocycles. The smallest absolute Gasteiger partial charge is 0.0102 e. The molecule has 5 atom stereocenters. The van der Waals surface area contributed by atoms with Crippen molar-refractivity contribution in [2.75, 3.05) is 26.7 Å². The Kier molecular flexibility index (Phi) is 5.08. The van der Waals surface area contributed by atoms with Crippen LogP contribution < -0.4 is 5.32 Å². The third-order valence-corrected chi connectivity index (χ3v) is 5.64. The van der Waals surface area contributed by atoms with Gasteiger partial charge in [0.15, 0.2) is 0 Å². The predicted molar refractivity (Wildman–Crippen MR) is 78.7 cm³/mol. The SMILES string of the molecule is CCNCC(C)C(C)N(C)CC1CC2CCC1C2. The van der Waals surface area contributed by atoms with Gasteiger partial charge in [-0.25, -0.2) is 0 Å². The van der Waals surface area contributed by atoms with E-state index in [9.17, 15) is 0 Å². The molecule has 0 aromatic rings. The van der Waals surface area contributed by atoms with Crippen LogP contribution in [0.2, 0.25) is 0 Å². The molecular weight excluding hydrogens is 220 g/mol. The summed E-state index contributed by atoms with van der Waals surface area (Å²) in [4.78, 5) is 2.62. The fourth-order valence-corrected chi connectivity index (χ4v) is 4.11. The van der Waals surface area contributed by atoms with Gasteiger partial charge in [0, 0.05) is 12.6 Å². The molecule has 18 heavy (non-hydrogen) atoms. The molecule has 2 nitrogen and oxygen atoms in total. The van der Waals surface area contributed by atoms with Crippen molar-refractivity contribution in [1.82, 2.24) is 10.2 Å². The zero-order valence-corrected chi connectivity index (χ0v) is 12.8. The van der Waals surface area contributed by atoms with Crippen LogP contribution >= 0.6 is 0 Å². The molecule has 2 rings (SSSR count). The van der Waals surface area contributed by atoms with Crippen molar-refractivity contribution in [2.45, 2.75) is 52.5 Å².